The van der Waals surface area contributed by atoms with Crippen LogP contribution < -0.4 is 10.0 Å². The first-order valence-corrected chi connectivity index (χ1v) is 8.93. The number of rotatable bonds is 7. The Bertz CT molecular complexity index is 517. The van der Waals surface area contributed by atoms with Crippen LogP contribution in [-0.2, 0) is 10.2 Å². The Morgan fingerprint density at radius 3 is 3.05 bits per heavy atom. The molecule has 0 amide bonds. The third-order valence-corrected chi connectivity index (χ3v) is 5.51. The predicted molar refractivity (Wildman–Crippen MR) is 81.9 cm³/mol. The first-order chi connectivity index (χ1) is 10.0. The Kier molecular flexibility index (Phi) is 5.74. The Morgan fingerprint density at radius 2 is 2.38 bits per heavy atom. The van der Waals surface area contributed by atoms with Crippen LogP contribution in [0.3, 0.4) is 0 Å². The van der Waals surface area contributed by atoms with Crippen molar-refractivity contribution < 1.29 is 8.42 Å². The normalized spacial score (nSPS) is 22.3. The Morgan fingerprint density at radius 1 is 1.57 bits per heavy atom. The molecule has 1 fully saturated rings. The highest BCUT2D eigenvalue weighted by atomic mass is 32.2. The molecule has 3 N–H and O–H groups in total. The van der Waals surface area contributed by atoms with E-state index in [-0.39, 0.29) is 6.04 Å². The summed E-state index contributed by atoms with van der Waals surface area (Å²) >= 11 is 0. The minimum Gasteiger partial charge on any atom is -0.317 e. The zero-order valence-corrected chi connectivity index (χ0v) is 13.5. The van der Waals surface area contributed by atoms with E-state index in [1.807, 2.05) is 6.92 Å². The highest BCUT2D eigenvalue weighted by molar-refractivity contribution is 7.87. The summed E-state index contributed by atoms with van der Waals surface area (Å²) in [4.78, 5) is 0. The summed E-state index contributed by atoms with van der Waals surface area (Å²) < 4.78 is 29.2. The van der Waals surface area contributed by atoms with E-state index in [9.17, 15) is 8.42 Å². The van der Waals surface area contributed by atoms with E-state index in [1.165, 1.54) is 0 Å². The van der Waals surface area contributed by atoms with E-state index in [4.69, 9.17) is 0 Å². The maximum Gasteiger partial charge on any atom is 0.280 e. The lowest BCUT2D eigenvalue weighted by Gasteiger charge is -2.32. The maximum atomic E-state index is 12.5. The van der Waals surface area contributed by atoms with Crippen LogP contribution in [0.1, 0.15) is 38.3 Å². The highest BCUT2D eigenvalue weighted by Gasteiger charge is 2.29. The van der Waals surface area contributed by atoms with Gasteiger partial charge in [0, 0.05) is 30.9 Å². The molecule has 120 valence electrons. The molecule has 0 aromatic carbocycles. The Labute approximate surface area is 126 Å². The van der Waals surface area contributed by atoms with Gasteiger partial charge in [0.2, 0.25) is 0 Å². The van der Waals surface area contributed by atoms with Crippen LogP contribution in [0, 0.1) is 5.92 Å². The topological polar surface area (TPSA) is 90.1 Å². The molecule has 1 aliphatic rings. The minimum atomic E-state index is -3.45. The summed E-state index contributed by atoms with van der Waals surface area (Å²) in [7, 11) is -3.45. The summed E-state index contributed by atoms with van der Waals surface area (Å²) in [6, 6.07) is -0.289. The molecule has 1 aromatic rings. The lowest BCUT2D eigenvalue weighted by molar-refractivity contribution is 0.257. The molecule has 0 bridgehead atoms. The van der Waals surface area contributed by atoms with Crippen LogP contribution in [-0.4, -0.2) is 49.1 Å². The molecule has 8 heteroatoms. The summed E-state index contributed by atoms with van der Waals surface area (Å²) in [5, 5.41) is 9.85. The van der Waals surface area contributed by atoms with Crippen molar-refractivity contribution in [3.05, 3.63) is 18.0 Å². The van der Waals surface area contributed by atoms with Crippen LogP contribution in [0.15, 0.2) is 12.4 Å². The van der Waals surface area contributed by atoms with Crippen molar-refractivity contribution in [1.82, 2.24) is 24.5 Å². The molecule has 7 nitrogen and oxygen atoms in total. The maximum absolute atomic E-state index is 12.5. The first-order valence-electron chi connectivity index (χ1n) is 7.49. The molecule has 1 aliphatic heterocycles. The number of aromatic amines is 1. The van der Waals surface area contributed by atoms with Crippen molar-refractivity contribution in [2.24, 2.45) is 5.92 Å². The lowest BCUT2D eigenvalue weighted by Crippen LogP contribution is -2.48. The van der Waals surface area contributed by atoms with Gasteiger partial charge in [-0.2, -0.15) is 22.5 Å². The fraction of sp³-hybridized carbons (Fsp3) is 0.769. The van der Waals surface area contributed by atoms with Crippen molar-refractivity contribution in [1.29, 1.82) is 0 Å². The van der Waals surface area contributed by atoms with Crippen LogP contribution in [0.2, 0.25) is 0 Å². The van der Waals surface area contributed by atoms with Gasteiger partial charge in [0.1, 0.15) is 0 Å². The molecule has 0 spiro atoms. The van der Waals surface area contributed by atoms with E-state index in [0.717, 1.165) is 31.5 Å². The molecular formula is C13H25N5O2S. The highest BCUT2D eigenvalue weighted by Crippen LogP contribution is 2.20. The first kappa shape index (κ1) is 16.4. The third-order valence-electron chi connectivity index (χ3n) is 3.85. The summed E-state index contributed by atoms with van der Waals surface area (Å²) in [6.45, 7) is 6.85. The monoisotopic (exact) mass is 315 g/mol. The van der Waals surface area contributed by atoms with Crippen molar-refractivity contribution in [2.45, 2.75) is 32.7 Å². The summed E-state index contributed by atoms with van der Waals surface area (Å²) in [6.07, 6.45) is 5.34. The second kappa shape index (κ2) is 7.35. The van der Waals surface area contributed by atoms with Gasteiger partial charge in [-0.1, -0.05) is 6.92 Å². The van der Waals surface area contributed by atoms with Gasteiger partial charge in [0.05, 0.1) is 6.20 Å². The number of nitrogens with one attached hydrogen (secondary N) is 3. The van der Waals surface area contributed by atoms with Crippen molar-refractivity contribution in [2.75, 3.05) is 26.2 Å². The second-order valence-corrected chi connectivity index (χ2v) is 7.25. The average Bonchev–Trinajstić information content (AvgIpc) is 2.99. The zero-order valence-electron chi connectivity index (χ0n) is 12.7. The second-order valence-electron chi connectivity index (χ2n) is 5.55. The predicted octanol–water partition coefficient (Wildman–Crippen LogP) is 0.627. The molecule has 0 radical (unpaired) electrons. The number of hydrogen-bond donors (Lipinski definition) is 3. The molecule has 2 atom stereocenters. The Balaban J connectivity index is 1.95. The summed E-state index contributed by atoms with van der Waals surface area (Å²) in [5.41, 5.74) is 0.833. The van der Waals surface area contributed by atoms with Crippen LogP contribution >= 0.6 is 0 Å². The number of nitrogens with zero attached hydrogens (tertiary/aromatic N) is 2. The van der Waals surface area contributed by atoms with Crippen LogP contribution in [0.5, 0.6) is 0 Å². The number of H-pyrrole nitrogens is 1. The fourth-order valence-electron chi connectivity index (χ4n) is 2.62. The molecule has 2 rings (SSSR count). The molecule has 0 saturated carbocycles. The van der Waals surface area contributed by atoms with Crippen LogP contribution in [0.4, 0.5) is 0 Å². The van der Waals surface area contributed by atoms with Crippen molar-refractivity contribution in [3.8, 4) is 0 Å². The molecule has 21 heavy (non-hydrogen) atoms. The van der Waals surface area contributed by atoms with Gasteiger partial charge in [0.25, 0.3) is 10.2 Å². The number of piperidine rings is 1. The summed E-state index contributed by atoms with van der Waals surface area (Å²) in [5.74, 6) is 0.388. The van der Waals surface area contributed by atoms with Crippen molar-refractivity contribution >= 4 is 10.2 Å². The number of aromatic nitrogens is 2. The van der Waals surface area contributed by atoms with Gasteiger partial charge in [-0.25, -0.2) is 0 Å². The van der Waals surface area contributed by atoms with Gasteiger partial charge in [0.15, 0.2) is 0 Å². The Hall–Kier alpha value is -0.960. The third kappa shape index (κ3) is 4.50. The molecule has 1 aromatic heterocycles. The molecular weight excluding hydrogens is 290 g/mol. The average molecular weight is 315 g/mol. The van der Waals surface area contributed by atoms with Gasteiger partial charge in [-0.15, -0.1) is 0 Å². The van der Waals surface area contributed by atoms with Crippen molar-refractivity contribution in [3.63, 3.8) is 0 Å². The molecule has 0 aliphatic carbocycles. The molecule has 2 unspecified atom stereocenters. The van der Waals surface area contributed by atoms with E-state index < -0.39 is 10.2 Å². The zero-order chi connectivity index (χ0) is 15.3. The lowest BCUT2D eigenvalue weighted by atomic mass is 10.00. The minimum absolute atomic E-state index is 0.289. The van der Waals surface area contributed by atoms with Crippen LogP contribution in [0.25, 0.3) is 0 Å². The van der Waals surface area contributed by atoms with E-state index >= 15 is 0 Å². The van der Waals surface area contributed by atoms with E-state index in [1.54, 1.807) is 16.7 Å². The molecule has 1 saturated heterocycles. The van der Waals surface area contributed by atoms with Gasteiger partial charge in [-0.05, 0) is 38.8 Å². The smallest absolute Gasteiger partial charge is 0.280 e. The molecule has 2 heterocycles. The SMILES string of the molecule is CCNCC1CCCN(S(=O)(=O)NC(C)c2cn[nH]c2)C1. The number of hydrogen-bond acceptors (Lipinski definition) is 4. The largest absolute Gasteiger partial charge is 0.317 e. The standard InChI is InChI=1S/C13H25N5O2S/c1-3-14-7-12-5-4-6-18(10-12)21(19,20)17-11(2)13-8-15-16-9-13/h8-9,11-12,14,17H,3-7,10H2,1-2H3,(H,15,16). The van der Waals surface area contributed by atoms with Gasteiger partial charge in [-0.3, -0.25) is 5.10 Å². The van der Waals surface area contributed by atoms with Gasteiger partial charge >= 0.3 is 0 Å². The fourth-order valence-corrected chi connectivity index (χ4v) is 4.13. The quantitative estimate of drug-likeness (QED) is 0.688. The van der Waals surface area contributed by atoms with E-state index in [2.05, 4.69) is 27.2 Å². The van der Waals surface area contributed by atoms with E-state index in [0.29, 0.717) is 19.0 Å². The van der Waals surface area contributed by atoms with Gasteiger partial charge < -0.3 is 5.32 Å².